The number of H-pyrrole nitrogens is 1. The molecule has 2 rings (SSSR count). The van der Waals surface area contributed by atoms with Gasteiger partial charge >= 0.3 is 0 Å². The fourth-order valence-electron chi connectivity index (χ4n) is 1.91. The number of aromatic nitrogens is 2. The van der Waals surface area contributed by atoms with Crippen LogP contribution in [0.25, 0.3) is 11.0 Å². The Balaban J connectivity index is 2.46. The van der Waals surface area contributed by atoms with E-state index in [0.717, 1.165) is 0 Å². The maximum absolute atomic E-state index is 12.5. The van der Waals surface area contributed by atoms with Crippen LogP contribution in [0.4, 0.5) is 0 Å². The summed E-state index contributed by atoms with van der Waals surface area (Å²) in [6.45, 7) is 2.28. The van der Waals surface area contributed by atoms with Crippen molar-refractivity contribution < 1.29 is 8.42 Å². The fraction of sp³-hybridized carbons (Fsp3) is 0.333. The zero-order valence-corrected chi connectivity index (χ0v) is 11.3. The first kappa shape index (κ1) is 13.5. The molecule has 0 aromatic carbocycles. The number of fused-ring (bicyclic) bond motifs is 1. The molecule has 0 unspecified atom stereocenters. The number of nitriles is 1. The van der Waals surface area contributed by atoms with Crippen LogP contribution in [-0.4, -0.2) is 35.8 Å². The zero-order valence-electron chi connectivity index (χ0n) is 10.5. The quantitative estimate of drug-likeness (QED) is 0.897. The first-order valence-corrected chi connectivity index (χ1v) is 7.34. The Morgan fingerprint density at radius 3 is 3.00 bits per heavy atom. The van der Waals surface area contributed by atoms with Crippen molar-refractivity contribution in [1.82, 2.24) is 14.3 Å². The summed E-state index contributed by atoms with van der Waals surface area (Å²) in [4.78, 5) is 7.12. The molecule has 2 aromatic heterocycles. The summed E-state index contributed by atoms with van der Waals surface area (Å²) in [5, 5.41) is 9.16. The lowest BCUT2D eigenvalue weighted by Crippen LogP contribution is -2.31. The standard InChI is InChI=1S/C12H14N4O2S/c1-2-16(8-4-6-13)19(17,18)11-9-15-12-10(11)5-3-7-14-12/h3,5,7,9H,2,4,8H2,1H3,(H,14,15). The van der Waals surface area contributed by atoms with Gasteiger partial charge in [0.05, 0.1) is 6.07 Å². The maximum atomic E-state index is 12.5. The molecule has 6 nitrogen and oxygen atoms in total. The molecule has 2 aromatic rings. The van der Waals surface area contributed by atoms with E-state index in [9.17, 15) is 8.42 Å². The first-order chi connectivity index (χ1) is 9.11. The van der Waals surface area contributed by atoms with Crippen LogP contribution in [0.1, 0.15) is 13.3 Å². The smallest absolute Gasteiger partial charge is 0.245 e. The lowest BCUT2D eigenvalue weighted by atomic mass is 10.3. The lowest BCUT2D eigenvalue weighted by molar-refractivity contribution is 0.435. The van der Waals surface area contributed by atoms with Gasteiger partial charge in [-0.3, -0.25) is 0 Å². The third-order valence-electron chi connectivity index (χ3n) is 2.86. The molecule has 1 N–H and O–H groups in total. The minimum atomic E-state index is -3.60. The Morgan fingerprint density at radius 2 is 2.32 bits per heavy atom. The molecular weight excluding hydrogens is 264 g/mol. The summed E-state index contributed by atoms with van der Waals surface area (Å²) in [6.07, 6.45) is 3.22. The normalized spacial score (nSPS) is 11.8. The van der Waals surface area contributed by atoms with E-state index in [1.165, 1.54) is 10.5 Å². The van der Waals surface area contributed by atoms with Crippen LogP contribution < -0.4 is 0 Å². The van der Waals surface area contributed by atoms with Gasteiger partial charge in [0, 0.05) is 37.3 Å². The highest BCUT2D eigenvalue weighted by atomic mass is 32.2. The van der Waals surface area contributed by atoms with Gasteiger partial charge in [-0.05, 0) is 12.1 Å². The highest BCUT2D eigenvalue weighted by Crippen LogP contribution is 2.24. The van der Waals surface area contributed by atoms with Crippen LogP contribution in [0.5, 0.6) is 0 Å². The first-order valence-electron chi connectivity index (χ1n) is 5.90. The van der Waals surface area contributed by atoms with Crippen LogP contribution >= 0.6 is 0 Å². The van der Waals surface area contributed by atoms with Gasteiger partial charge in [-0.15, -0.1) is 0 Å². The number of hydrogen-bond donors (Lipinski definition) is 1. The molecule has 7 heteroatoms. The van der Waals surface area contributed by atoms with Crippen molar-refractivity contribution in [2.75, 3.05) is 13.1 Å². The molecule has 0 atom stereocenters. The van der Waals surface area contributed by atoms with Crippen molar-refractivity contribution in [1.29, 1.82) is 5.26 Å². The average Bonchev–Trinajstić information content (AvgIpc) is 2.84. The van der Waals surface area contributed by atoms with E-state index >= 15 is 0 Å². The summed E-state index contributed by atoms with van der Waals surface area (Å²) in [5.41, 5.74) is 0.539. The zero-order chi connectivity index (χ0) is 13.9. The Morgan fingerprint density at radius 1 is 1.53 bits per heavy atom. The second-order valence-electron chi connectivity index (χ2n) is 3.96. The molecule has 0 aliphatic rings. The van der Waals surface area contributed by atoms with Gasteiger partial charge in [-0.2, -0.15) is 9.57 Å². The van der Waals surface area contributed by atoms with Gasteiger partial charge in [-0.25, -0.2) is 13.4 Å². The highest BCUT2D eigenvalue weighted by Gasteiger charge is 2.25. The molecule has 100 valence electrons. The summed E-state index contributed by atoms with van der Waals surface area (Å²) >= 11 is 0. The van der Waals surface area contributed by atoms with Gasteiger partial charge < -0.3 is 4.98 Å². The average molecular weight is 278 g/mol. The Labute approximate surface area is 111 Å². The number of nitrogens with one attached hydrogen (secondary N) is 1. The third-order valence-corrected chi connectivity index (χ3v) is 4.87. The van der Waals surface area contributed by atoms with Crippen LogP contribution in [0, 0.1) is 11.3 Å². The monoisotopic (exact) mass is 278 g/mol. The molecule has 0 radical (unpaired) electrons. The van der Waals surface area contributed by atoms with Gasteiger partial charge in [0.15, 0.2) is 0 Å². The van der Waals surface area contributed by atoms with Gasteiger partial charge in [0.2, 0.25) is 10.0 Å². The van der Waals surface area contributed by atoms with E-state index in [4.69, 9.17) is 5.26 Å². The Bertz CT molecular complexity index is 715. The number of pyridine rings is 1. The van der Waals surface area contributed by atoms with Crippen molar-refractivity contribution in [2.24, 2.45) is 0 Å². The van der Waals surface area contributed by atoms with Crippen molar-refractivity contribution in [3.63, 3.8) is 0 Å². The molecule has 0 saturated heterocycles. The molecule has 0 spiro atoms. The maximum Gasteiger partial charge on any atom is 0.245 e. The molecule has 0 bridgehead atoms. The summed E-state index contributed by atoms with van der Waals surface area (Å²) in [7, 11) is -3.60. The third kappa shape index (κ3) is 2.45. The minimum Gasteiger partial charge on any atom is -0.345 e. The van der Waals surface area contributed by atoms with E-state index in [-0.39, 0.29) is 17.9 Å². The molecular formula is C12H14N4O2S. The predicted octanol–water partition coefficient (Wildman–Crippen LogP) is 1.49. The minimum absolute atomic E-state index is 0.174. The van der Waals surface area contributed by atoms with Crippen molar-refractivity contribution in [3.05, 3.63) is 24.5 Å². The molecule has 0 aliphatic carbocycles. The van der Waals surface area contributed by atoms with Crippen LogP contribution in [0.15, 0.2) is 29.4 Å². The van der Waals surface area contributed by atoms with Gasteiger partial charge in [0.1, 0.15) is 10.5 Å². The highest BCUT2D eigenvalue weighted by molar-refractivity contribution is 7.89. The summed E-state index contributed by atoms with van der Waals surface area (Å²) in [5.74, 6) is 0. The second kappa shape index (κ2) is 5.38. The second-order valence-corrected chi connectivity index (χ2v) is 5.86. The van der Waals surface area contributed by atoms with Crippen LogP contribution in [-0.2, 0) is 10.0 Å². The van der Waals surface area contributed by atoms with E-state index in [0.29, 0.717) is 17.6 Å². The molecule has 0 amide bonds. The van der Waals surface area contributed by atoms with Crippen LogP contribution in [0.3, 0.4) is 0 Å². The SMILES string of the molecule is CCN(CCC#N)S(=O)(=O)c1c[nH]c2ncccc12. The molecule has 0 saturated carbocycles. The number of sulfonamides is 1. The number of nitrogens with zero attached hydrogens (tertiary/aromatic N) is 3. The molecule has 0 fully saturated rings. The Kier molecular flexibility index (Phi) is 3.83. The molecule has 0 aliphatic heterocycles. The van der Waals surface area contributed by atoms with E-state index in [1.54, 1.807) is 25.3 Å². The lowest BCUT2D eigenvalue weighted by Gasteiger charge is -2.18. The van der Waals surface area contributed by atoms with Crippen LogP contribution in [0.2, 0.25) is 0 Å². The van der Waals surface area contributed by atoms with Crippen molar-refractivity contribution in [3.8, 4) is 6.07 Å². The Hall–Kier alpha value is -1.91. The van der Waals surface area contributed by atoms with Crippen molar-refractivity contribution in [2.45, 2.75) is 18.2 Å². The van der Waals surface area contributed by atoms with Crippen molar-refractivity contribution >= 4 is 21.1 Å². The summed E-state index contributed by atoms with van der Waals surface area (Å²) < 4.78 is 26.3. The van der Waals surface area contributed by atoms with Gasteiger partial charge in [-0.1, -0.05) is 6.92 Å². The molecule has 19 heavy (non-hydrogen) atoms. The predicted molar refractivity (Wildman–Crippen MR) is 70.8 cm³/mol. The number of rotatable bonds is 5. The largest absolute Gasteiger partial charge is 0.345 e. The van der Waals surface area contributed by atoms with E-state index in [2.05, 4.69) is 9.97 Å². The number of hydrogen-bond acceptors (Lipinski definition) is 4. The fourth-order valence-corrected chi connectivity index (χ4v) is 3.51. The van der Waals surface area contributed by atoms with E-state index < -0.39 is 10.0 Å². The topological polar surface area (TPSA) is 89.9 Å². The summed E-state index contributed by atoms with van der Waals surface area (Å²) in [6, 6.07) is 5.37. The van der Waals surface area contributed by atoms with E-state index in [1.807, 2.05) is 6.07 Å². The number of aromatic amines is 1. The molecule has 2 heterocycles. The van der Waals surface area contributed by atoms with Gasteiger partial charge in [0.25, 0.3) is 0 Å².